The normalized spacial score (nSPS) is 10.7. The zero-order chi connectivity index (χ0) is 21.3. The van der Waals surface area contributed by atoms with Crippen LogP contribution in [0.4, 0.5) is 27.5 Å². The summed E-state index contributed by atoms with van der Waals surface area (Å²) in [6.45, 7) is 3.51. The van der Waals surface area contributed by atoms with E-state index in [1.807, 2.05) is 24.3 Å². The lowest BCUT2D eigenvalue weighted by atomic mass is 10.2. The zero-order valence-electron chi connectivity index (χ0n) is 16.1. The first-order valence-electron chi connectivity index (χ1n) is 9.00. The first-order chi connectivity index (χ1) is 14.5. The molecule has 9 heteroatoms. The Bertz CT molecular complexity index is 1250. The van der Waals surface area contributed by atoms with Gasteiger partial charge in [-0.1, -0.05) is 12.6 Å². The molecule has 0 unspecified atom stereocenters. The Morgan fingerprint density at radius 3 is 2.73 bits per heavy atom. The Labute approximate surface area is 171 Å². The van der Waals surface area contributed by atoms with Crippen LogP contribution in [0.15, 0.2) is 67.5 Å². The number of carbonyl (C=O) groups is 1. The van der Waals surface area contributed by atoms with Crippen LogP contribution in [0.2, 0.25) is 0 Å². The van der Waals surface area contributed by atoms with Crippen molar-refractivity contribution in [3.8, 4) is 5.69 Å². The summed E-state index contributed by atoms with van der Waals surface area (Å²) >= 11 is 0. The van der Waals surface area contributed by atoms with Gasteiger partial charge in [0, 0.05) is 18.4 Å². The maximum atomic E-state index is 13.1. The SMILES string of the molecule is C=CC(=O)N(C)c1cccc(-n2cnc3c(N)nc(Nc4ccc(F)cc4)nc32)c1. The molecule has 4 rings (SSSR count). The maximum Gasteiger partial charge on any atom is 0.250 e. The van der Waals surface area contributed by atoms with Gasteiger partial charge in [-0.3, -0.25) is 9.36 Å². The molecule has 0 saturated heterocycles. The lowest BCUT2D eigenvalue weighted by molar-refractivity contribution is -0.113. The molecule has 30 heavy (non-hydrogen) atoms. The third-order valence-electron chi connectivity index (χ3n) is 4.52. The van der Waals surface area contributed by atoms with E-state index in [4.69, 9.17) is 5.73 Å². The number of nitrogen functional groups attached to an aromatic ring is 1. The predicted molar refractivity (Wildman–Crippen MR) is 114 cm³/mol. The number of nitrogens with zero attached hydrogens (tertiary/aromatic N) is 5. The fraction of sp³-hybridized carbons (Fsp3) is 0.0476. The number of fused-ring (bicyclic) bond motifs is 1. The number of nitrogens with one attached hydrogen (secondary N) is 1. The molecule has 2 aromatic carbocycles. The number of hydrogen-bond acceptors (Lipinski definition) is 6. The van der Waals surface area contributed by atoms with Crippen molar-refractivity contribution < 1.29 is 9.18 Å². The molecule has 1 amide bonds. The van der Waals surface area contributed by atoms with Crippen LogP contribution in [-0.4, -0.2) is 32.5 Å². The van der Waals surface area contributed by atoms with Gasteiger partial charge in [0.25, 0.3) is 0 Å². The minimum absolute atomic E-state index is 0.207. The van der Waals surface area contributed by atoms with Crippen molar-refractivity contribution >= 4 is 40.2 Å². The number of benzene rings is 2. The maximum absolute atomic E-state index is 13.1. The molecule has 150 valence electrons. The van der Waals surface area contributed by atoms with Gasteiger partial charge in [-0.25, -0.2) is 9.37 Å². The van der Waals surface area contributed by atoms with Gasteiger partial charge in [-0.05, 0) is 48.5 Å². The van der Waals surface area contributed by atoms with Crippen LogP contribution in [0.1, 0.15) is 0 Å². The molecule has 0 atom stereocenters. The molecule has 3 N–H and O–H groups in total. The molecular formula is C21H18FN7O. The van der Waals surface area contributed by atoms with E-state index < -0.39 is 0 Å². The minimum atomic E-state index is -0.339. The van der Waals surface area contributed by atoms with E-state index in [2.05, 4.69) is 26.8 Å². The van der Waals surface area contributed by atoms with E-state index in [-0.39, 0.29) is 23.5 Å². The molecule has 0 saturated carbocycles. The molecule has 0 fully saturated rings. The average Bonchev–Trinajstić information content (AvgIpc) is 3.19. The summed E-state index contributed by atoms with van der Waals surface area (Å²) in [6, 6.07) is 13.2. The topological polar surface area (TPSA) is 102 Å². The van der Waals surface area contributed by atoms with Gasteiger partial charge in [0.1, 0.15) is 12.1 Å². The van der Waals surface area contributed by atoms with Crippen molar-refractivity contribution in [2.75, 3.05) is 23.0 Å². The Hall–Kier alpha value is -4.27. The highest BCUT2D eigenvalue weighted by Crippen LogP contribution is 2.25. The van der Waals surface area contributed by atoms with E-state index in [1.165, 1.54) is 23.1 Å². The molecule has 4 aromatic rings. The van der Waals surface area contributed by atoms with Crippen molar-refractivity contribution in [2.24, 2.45) is 0 Å². The van der Waals surface area contributed by atoms with Crippen LogP contribution in [-0.2, 0) is 4.79 Å². The predicted octanol–water partition coefficient (Wildman–Crippen LogP) is 3.43. The second kappa shape index (κ2) is 7.63. The van der Waals surface area contributed by atoms with Crippen LogP contribution >= 0.6 is 0 Å². The summed E-state index contributed by atoms with van der Waals surface area (Å²) in [5, 5.41) is 3.01. The first-order valence-corrected chi connectivity index (χ1v) is 9.00. The van der Waals surface area contributed by atoms with E-state index >= 15 is 0 Å². The van der Waals surface area contributed by atoms with Crippen molar-refractivity contribution in [3.63, 3.8) is 0 Å². The molecule has 0 spiro atoms. The standard InChI is InChI=1S/C21H18FN7O/c1-3-17(30)28(2)15-5-4-6-16(11-15)29-12-24-18-19(23)26-21(27-20(18)29)25-14-9-7-13(22)8-10-14/h3-12H,1H2,2H3,(H3,23,25,26,27). The van der Waals surface area contributed by atoms with Crippen LogP contribution in [0.5, 0.6) is 0 Å². The monoisotopic (exact) mass is 403 g/mol. The molecule has 0 aliphatic carbocycles. The molecule has 8 nitrogen and oxygen atoms in total. The molecular weight excluding hydrogens is 385 g/mol. The molecule has 2 heterocycles. The van der Waals surface area contributed by atoms with Gasteiger partial charge in [0.15, 0.2) is 17.0 Å². The van der Waals surface area contributed by atoms with Crippen LogP contribution < -0.4 is 16.0 Å². The van der Waals surface area contributed by atoms with Gasteiger partial charge >= 0.3 is 0 Å². The van der Waals surface area contributed by atoms with Crippen LogP contribution in [0.25, 0.3) is 16.9 Å². The average molecular weight is 403 g/mol. The number of imidazole rings is 1. The number of aromatic nitrogens is 4. The Kier molecular flexibility index (Phi) is 4.85. The third-order valence-corrected chi connectivity index (χ3v) is 4.52. The van der Waals surface area contributed by atoms with Crippen molar-refractivity contribution in [1.82, 2.24) is 19.5 Å². The molecule has 0 aliphatic rings. The highest BCUT2D eigenvalue weighted by molar-refractivity contribution is 6.00. The number of anilines is 4. The van der Waals surface area contributed by atoms with E-state index in [1.54, 1.807) is 30.1 Å². The third kappa shape index (κ3) is 3.55. The fourth-order valence-electron chi connectivity index (χ4n) is 2.94. The second-order valence-electron chi connectivity index (χ2n) is 6.47. The first kappa shape index (κ1) is 19.1. The van der Waals surface area contributed by atoms with Crippen LogP contribution in [0.3, 0.4) is 0 Å². The number of hydrogen-bond donors (Lipinski definition) is 2. The van der Waals surface area contributed by atoms with Crippen molar-refractivity contribution in [1.29, 1.82) is 0 Å². The molecule has 2 aromatic heterocycles. The molecule has 0 radical (unpaired) electrons. The summed E-state index contributed by atoms with van der Waals surface area (Å²) in [5.41, 5.74) is 9.05. The van der Waals surface area contributed by atoms with Gasteiger partial charge < -0.3 is 16.0 Å². The number of amides is 1. The van der Waals surface area contributed by atoms with Crippen LogP contribution in [0, 0.1) is 5.82 Å². The number of nitrogens with two attached hydrogens (primary N) is 1. The highest BCUT2D eigenvalue weighted by atomic mass is 19.1. The quantitative estimate of drug-likeness (QED) is 0.495. The second-order valence-corrected chi connectivity index (χ2v) is 6.47. The summed E-state index contributed by atoms with van der Waals surface area (Å²) in [5.74, 6) is -0.101. The van der Waals surface area contributed by atoms with Crippen molar-refractivity contribution in [2.45, 2.75) is 0 Å². The number of halogens is 1. The van der Waals surface area contributed by atoms with E-state index in [9.17, 15) is 9.18 Å². The lowest BCUT2D eigenvalue weighted by Crippen LogP contribution is -2.23. The minimum Gasteiger partial charge on any atom is -0.382 e. The zero-order valence-corrected chi connectivity index (χ0v) is 16.1. The Morgan fingerprint density at radius 2 is 2.00 bits per heavy atom. The van der Waals surface area contributed by atoms with E-state index in [0.717, 1.165) is 5.69 Å². The number of carbonyl (C=O) groups excluding carboxylic acids is 1. The lowest BCUT2D eigenvalue weighted by Gasteiger charge is -2.16. The van der Waals surface area contributed by atoms with Gasteiger partial charge in [0.05, 0.1) is 5.69 Å². The summed E-state index contributed by atoms with van der Waals surface area (Å²) in [4.78, 5) is 26.5. The summed E-state index contributed by atoms with van der Waals surface area (Å²) in [6.07, 6.45) is 2.84. The Morgan fingerprint density at radius 1 is 1.23 bits per heavy atom. The number of rotatable bonds is 5. The molecule has 0 bridgehead atoms. The largest absolute Gasteiger partial charge is 0.382 e. The Balaban J connectivity index is 1.75. The van der Waals surface area contributed by atoms with Gasteiger partial charge in [-0.15, -0.1) is 0 Å². The fourth-order valence-corrected chi connectivity index (χ4v) is 2.94. The van der Waals surface area contributed by atoms with Gasteiger partial charge in [-0.2, -0.15) is 9.97 Å². The summed E-state index contributed by atoms with van der Waals surface area (Å²) in [7, 11) is 1.67. The highest BCUT2D eigenvalue weighted by Gasteiger charge is 2.14. The van der Waals surface area contributed by atoms with Gasteiger partial charge in [0.2, 0.25) is 11.9 Å². The van der Waals surface area contributed by atoms with Crippen molar-refractivity contribution in [3.05, 3.63) is 73.3 Å². The van der Waals surface area contributed by atoms with E-state index in [0.29, 0.717) is 22.5 Å². The number of likely N-dealkylation sites (N-methyl/N-ethyl adjacent to an activating group) is 1. The summed E-state index contributed by atoms with van der Waals surface area (Å²) < 4.78 is 14.9. The molecule has 0 aliphatic heterocycles. The smallest absolute Gasteiger partial charge is 0.250 e.